The average molecular weight is 447 g/mol. The number of aliphatic hydroxyl groups is 2. The molecule has 5 fully saturated rings. The highest BCUT2D eigenvalue weighted by atomic mass is 16.4. The third-order valence-electron chi connectivity index (χ3n) is 12.7. The lowest BCUT2D eigenvalue weighted by Crippen LogP contribution is -2.73. The Labute approximate surface area is 192 Å². The second-order valence-electron chi connectivity index (χ2n) is 13.4. The molecule has 3 unspecified atom stereocenters. The molecule has 180 valence electrons. The van der Waals surface area contributed by atoms with Crippen LogP contribution < -0.4 is 0 Å². The Morgan fingerprint density at radius 1 is 0.875 bits per heavy atom. The summed E-state index contributed by atoms with van der Waals surface area (Å²) in [6.07, 6.45) is 5.35. The van der Waals surface area contributed by atoms with Crippen molar-refractivity contribution in [2.45, 2.75) is 105 Å². The zero-order chi connectivity index (χ0) is 23.5. The molecule has 0 bridgehead atoms. The molecular formula is C27H42O5. The number of fused-ring (bicyclic) bond motifs is 7. The second kappa shape index (κ2) is 6.59. The molecule has 0 radical (unpaired) electrons. The number of hydrogen-bond donors (Lipinski definition) is 3. The Kier molecular flexibility index (Phi) is 4.70. The van der Waals surface area contributed by atoms with Crippen LogP contribution in [0.5, 0.6) is 0 Å². The molecule has 0 aromatic rings. The van der Waals surface area contributed by atoms with Gasteiger partial charge in [0.2, 0.25) is 0 Å². The number of carbonyl (C=O) groups is 2. The minimum atomic E-state index is -0.807. The molecule has 5 nitrogen and oxygen atoms in total. The third kappa shape index (κ3) is 2.33. The van der Waals surface area contributed by atoms with E-state index in [4.69, 9.17) is 0 Å². The quantitative estimate of drug-likeness (QED) is 0.554. The smallest absolute Gasteiger partial charge is 0.310 e. The van der Waals surface area contributed by atoms with E-state index < -0.39 is 39.8 Å². The summed E-state index contributed by atoms with van der Waals surface area (Å²) in [5.41, 5.74) is -2.33. The van der Waals surface area contributed by atoms with Crippen molar-refractivity contribution in [2.75, 3.05) is 0 Å². The molecule has 5 aliphatic rings. The molecule has 32 heavy (non-hydrogen) atoms. The molecule has 5 saturated carbocycles. The normalized spacial score (nSPS) is 56.5. The van der Waals surface area contributed by atoms with E-state index in [2.05, 4.69) is 34.6 Å². The first-order chi connectivity index (χ1) is 14.8. The lowest BCUT2D eigenvalue weighted by atomic mass is 9.31. The Morgan fingerprint density at radius 3 is 2.22 bits per heavy atom. The molecule has 5 rings (SSSR count). The number of carbonyl (C=O) groups excluding carboxylic acids is 1. The topological polar surface area (TPSA) is 94.8 Å². The van der Waals surface area contributed by atoms with Gasteiger partial charge in [-0.15, -0.1) is 0 Å². The molecule has 0 heterocycles. The van der Waals surface area contributed by atoms with Gasteiger partial charge in [-0.2, -0.15) is 0 Å². The summed E-state index contributed by atoms with van der Waals surface area (Å²) in [6, 6.07) is 0. The molecule has 0 saturated heterocycles. The fourth-order valence-corrected chi connectivity index (χ4v) is 10.7. The average Bonchev–Trinajstić information content (AvgIpc) is 3.14. The monoisotopic (exact) mass is 446 g/mol. The first kappa shape index (κ1) is 22.8. The van der Waals surface area contributed by atoms with Crippen molar-refractivity contribution in [3.63, 3.8) is 0 Å². The Morgan fingerprint density at radius 2 is 1.56 bits per heavy atom. The SMILES string of the molecule is CC1(C)C(=O)CC[C@@]2(C)C1C[C@H](O)[C@]1(C)C2CC[C@@H]2C3CCC[C@]3(C(=O)O)C[C@H](O)[C@]21C. The summed E-state index contributed by atoms with van der Waals surface area (Å²) < 4.78 is 0. The van der Waals surface area contributed by atoms with E-state index in [0.717, 1.165) is 32.1 Å². The highest BCUT2D eigenvalue weighted by Gasteiger charge is 2.75. The fourth-order valence-electron chi connectivity index (χ4n) is 10.7. The molecule has 3 N–H and O–H groups in total. The molecule has 0 aliphatic heterocycles. The Balaban J connectivity index is 1.62. The van der Waals surface area contributed by atoms with Gasteiger partial charge in [-0.1, -0.05) is 41.0 Å². The van der Waals surface area contributed by atoms with E-state index in [1.807, 2.05) is 0 Å². The molecule has 0 aromatic carbocycles. The van der Waals surface area contributed by atoms with Crippen molar-refractivity contribution >= 4 is 11.8 Å². The molecular weight excluding hydrogens is 404 g/mol. The number of aliphatic carboxylic acids is 1. The fraction of sp³-hybridized carbons (Fsp3) is 0.926. The zero-order valence-corrected chi connectivity index (χ0v) is 20.5. The predicted octanol–water partition coefficient (Wildman–Crippen LogP) is 4.44. The standard InChI is InChI=1S/C27H42O5/c1-23(2)18-13-20(29)26(5)17(24(18,3)12-10-19(23)28)9-8-15-16-7-6-11-27(16,22(31)32)14-21(30)25(15,26)4/h15-18,20-21,29-30H,6-14H2,1-5H3,(H,31,32)/t15-,16?,17?,18?,20+,21+,24-,25+,26+,27+/m1/s1. The van der Waals surface area contributed by atoms with Gasteiger partial charge in [0.1, 0.15) is 5.78 Å². The largest absolute Gasteiger partial charge is 0.481 e. The van der Waals surface area contributed by atoms with E-state index in [0.29, 0.717) is 31.5 Å². The van der Waals surface area contributed by atoms with Gasteiger partial charge in [-0.3, -0.25) is 9.59 Å². The van der Waals surface area contributed by atoms with Crippen LogP contribution in [-0.4, -0.2) is 39.3 Å². The molecule has 0 amide bonds. The van der Waals surface area contributed by atoms with E-state index >= 15 is 0 Å². The Bertz CT molecular complexity index is 851. The van der Waals surface area contributed by atoms with Gasteiger partial charge >= 0.3 is 5.97 Å². The molecule has 5 aliphatic carbocycles. The van der Waals surface area contributed by atoms with Crippen molar-refractivity contribution in [1.82, 2.24) is 0 Å². The van der Waals surface area contributed by atoms with Gasteiger partial charge in [-0.05, 0) is 74.0 Å². The van der Waals surface area contributed by atoms with Crippen LogP contribution in [0.15, 0.2) is 0 Å². The maximum absolute atomic E-state index is 12.8. The summed E-state index contributed by atoms with van der Waals surface area (Å²) in [6.45, 7) is 10.8. The minimum Gasteiger partial charge on any atom is -0.481 e. The summed E-state index contributed by atoms with van der Waals surface area (Å²) in [7, 11) is 0. The first-order valence-electron chi connectivity index (χ1n) is 12.9. The lowest BCUT2D eigenvalue weighted by molar-refractivity contribution is -0.295. The van der Waals surface area contributed by atoms with E-state index in [1.54, 1.807) is 0 Å². The number of aliphatic hydroxyl groups excluding tert-OH is 2. The van der Waals surface area contributed by atoms with Crippen molar-refractivity contribution < 1.29 is 24.9 Å². The highest BCUT2D eigenvalue weighted by molar-refractivity contribution is 5.85. The number of carboxylic acids is 1. The summed E-state index contributed by atoms with van der Waals surface area (Å²) in [5, 5.41) is 33.8. The van der Waals surface area contributed by atoms with Crippen LogP contribution in [0.25, 0.3) is 0 Å². The van der Waals surface area contributed by atoms with E-state index in [1.165, 1.54) is 0 Å². The highest BCUT2D eigenvalue weighted by Crippen LogP contribution is 2.76. The van der Waals surface area contributed by atoms with E-state index in [-0.39, 0.29) is 29.1 Å². The lowest BCUT2D eigenvalue weighted by Gasteiger charge is -2.73. The first-order valence-corrected chi connectivity index (χ1v) is 12.9. The van der Waals surface area contributed by atoms with Gasteiger partial charge in [0.25, 0.3) is 0 Å². The number of Topliss-reactive ketones (excluding diaryl/α,β-unsaturated/α-hetero) is 1. The predicted molar refractivity (Wildman–Crippen MR) is 121 cm³/mol. The van der Waals surface area contributed by atoms with Crippen LogP contribution in [-0.2, 0) is 9.59 Å². The van der Waals surface area contributed by atoms with Crippen molar-refractivity contribution in [2.24, 2.45) is 50.7 Å². The van der Waals surface area contributed by atoms with Gasteiger partial charge in [0.15, 0.2) is 0 Å². The number of ketones is 1. The molecule has 0 aromatic heterocycles. The molecule has 10 atom stereocenters. The summed E-state index contributed by atoms with van der Waals surface area (Å²) >= 11 is 0. The van der Waals surface area contributed by atoms with Crippen LogP contribution in [0.4, 0.5) is 0 Å². The summed E-state index contributed by atoms with van der Waals surface area (Å²) in [5.74, 6) is 0.107. The van der Waals surface area contributed by atoms with Crippen molar-refractivity contribution in [3.05, 3.63) is 0 Å². The van der Waals surface area contributed by atoms with Crippen molar-refractivity contribution in [1.29, 1.82) is 0 Å². The zero-order valence-electron chi connectivity index (χ0n) is 20.5. The third-order valence-corrected chi connectivity index (χ3v) is 12.7. The van der Waals surface area contributed by atoms with E-state index in [9.17, 15) is 24.9 Å². The number of carboxylic acid groups (broad SMARTS) is 1. The van der Waals surface area contributed by atoms with Crippen LogP contribution in [0.3, 0.4) is 0 Å². The van der Waals surface area contributed by atoms with Crippen molar-refractivity contribution in [3.8, 4) is 0 Å². The van der Waals surface area contributed by atoms with Crippen LogP contribution in [0, 0.1) is 50.7 Å². The molecule has 0 spiro atoms. The van der Waals surface area contributed by atoms with Gasteiger partial charge in [0, 0.05) is 22.7 Å². The second-order valence-corrected chi connectivity index (χ2v) is 13.4. The van der Waals surface area contributed by atoms with Crippen LogP contribution in [0.1, 0.15) is 92.4 Å². The van der Waals surface area contributed by atoms with Gasteiger partial charge in [0.05, 0.1) is 17.6 Å². The van der Waals surface area contributed by atoms with Crippen LogP contribution >= 0.6 is 0 Å². The van der Waals surface area contributed by atoms with Crippen LogP contribution in [0.2, 0.25) is 0 Å². The maximum Gasteiger partial charge on any atom is 0.310 e. The summed E-state index contributed by atoms with van der Waals surface area (Å²) in [4.78, 5) is 25.3. The Hall–Kier alpha value is -0.940. The molecule has 5 heteroatoms. The maximum atomic E-state index is 12.8. The number of rotatable bonds is 1. The van der Waals surface area contributed by atoms with Gasteiger partial charge in [-0.25, -0.2) is 0 Å². The minimum absolute atomic E-state index is 0.0594. The van der Waals surface area contributed by atoms with Gasteiger partial charge < -0.3 is 15.3 Å². The number of hydrogen-bond acceptors (Lipinski definition) is 4.